The van der Waals surface area contributed by atoms with Crippen molar-refractivity contribution in [2.24, 2.45) is 0 Å². The molecular weight excluding hydrogens is 318 g/mol. The highest BCUT2D eigenvalue weighted by molar-refractivity contribution is 9.10. The minimum atomic E-state index is -0.00721. The number of nitrogens with zero attached hydrogens (tertiary/aromatic N) is 2. The van der Waals surface area contributed by atoms with Gasteiger partial charge in [-0.25, -0.2) is 0 Å². The van der Waals surface area contributed by atoms with Gasteiger partial charge in [0.1, 0.15) is 0 Å². The number of halogens is 1. The van der Waals surface area contributed by atoms with E-state index in [1.807, 2.05) is 0 Å². The molecule has 2 rings (SSSR count). The Labute approximate surface area is 130 Å². The zero-order chi connectivity index (χ0) is 14.8. The Balaban J connectivity index is 2.02. The summed E-state index contributed by atoms with van der Waals surface area (Å²) in [5.41, 5.74) is 2.40. The quantitative estimate of drug-likeness (QED) is 0.891. The number of aryl methyl sites for hydroxylation is 2. The van der Waals surface area contributed by atoms with Gasteiger partial charge in [-0.15, -0.1) is 0 Å². The van der Waals surface area contributed by atoms with E-state index in [0.717, 1.165) is 44.7 Å². The summed E-state index contributed by atoms with van der Waals surface area (Å²) in [6.07, 6.45) is 3.11. The fraction of sp³-hybridized carbons (Fsp3) is 0.800. The van der Waals surface area contributed by atoms with E-state index >= 15 is 0 Å². The summed E-state index contributed by atoms with van der Waals surface area (Å²) >= 11 is 3.70. The van der Waals surface area contributed by atoms with Crippen molar-refractivity contribution >= 4 is 15.9 Å². The van der Waals surface area contributed by atoms with Crippen LogP contribution in [-0.4, -0.2) is 28.0 Å². The first-order valence-electron chi connectivity index (χ1n) is 7.58. The first kappa shape index (κ1) is 16.0. The predicted molar refractivity (Wildman–Crippen MR) is 84.9 cm³/mol. The second-order valence-corrected chi connectivity index (χ2v) is 6.85. The molecular formula is C15H26BrN3O. The van der Waals surface area contributed by atoms with E-state index in [2.05, 4.69) is 58.7 Å². The SMILES string of the molecule is CCc1nn(CC)c(CNC2CCOC(C)(C)C2)c1Br. The first-order valence-corrected chi connectivity index (χ1v) is 8.37. The molecule has 1 aromatic heterocycles. The topological polar surface area (TPSA) is 39.1 Å². The van der Waals surface area contributed by atoms with Crippen LogP contribution in [0.4, 0.5) is 0 Å². The molecule has 114 valence electrons. The highest BCUT2D eigenvalue weighted by atomic mass is 79.9. The van der Waals surface area contributed by atoms with E-state index in [4.69, 9.17) is 4.74 Å². The normalized spacial score (nSPS) is 22.1. The fourth-order valence-electron chi connectivity index (χ4n) is 2.83. The molecule has 1 unspecified atom stereocenters. The molecule has 1 aromatic rings. The van der Waals surface area contributed by atoms with Gasteiger partial charge >= 0.3 is 0 Å². The monoisotopic (exact) mass is 343 g/mol. The third-order valence-electron chi connectivity index (χ3n) is 3.95. The third-order valence-corrected chi connectivity index (χ3v) is 4.86. The average Bonchev–Trinajstić information content (AvgIpc) is 2.71. The second-order valence-electron chi connectivity index (χ2n) is 6.06. The van der Waals surface area contributed by atoms with E-state index in [-0.39, 0.29) is 5.60 Å². The number of nitrogens with one attached hydrogen (secondary N) is 1. The van der Waals surface area contributed by atoms with Crippen molar-refractivity contribution in [3.8, 4) is 0 Å². The molecule has 1 saturated heterocycles. The number of hydrogen-bond acceptors (Lipinski definition) is 3. The lowest BCUT2D eigenvalue weighted by atomic mass is 9.94. The second kappa shape index (κ2) is 6.58. The number of hydrogen-bond donors (Lipinski definition) is 1. The zero-order valence-electron chi connectivity index (χ0n) is 13.0. The van der Waals surface area contributed by atoms with Crippen LogP contribution in [0.25, 0.3) is 0 Å². The van der Waals surface area contributed by atoms with Gasteiger partial charge < -0.3 is 10.1 Å². The van der Waals surface area contributed by atoms with Gasteiger partial charge in [-0.05, 0) is 56.0 Å². The fourth-order valence-corrected chi connectivity index (χ4v) is 3.54. The molecule has 1 aliphatic rings. The van der Waals surface area contributed by atoms with Gasteiger partial charge in [-0.1, -0.05) is 6.92 Å². The summed E-state index contributed by atoms with van der Waals surface area (Å²) in [6.45, 7) is 11.2. The van der Waals surface area contributed by atoms with Crippen molar-refractivity contribution in [1.29, 1.82) is 0 Å². The van der Waals surface area contributed by atoms with Crippen molar-refractivity contribution in [1.82, 2.24) is 15.1 Å². The van der Waals surface area contributed by atoms with Crippen LogP contribution < -0.4 is 5.32 Å². The molecule has 1 fully saturated rings. The van der Waals surface area contributed by atoms with E-state index in [1.165, 1.54) is 10.2 Å². The first-order chi connectivity index (χ1) is 9.46. The Morgan fingerprint density at radius 3 is 2.80 bits per heavy atom. The highest BCUT2D eigenvalue weighted by Crippen LogP contribution is 2.26. The van der Waals surface area contributed by atoms with Gasteiger partial charge in [-0.3, -0.25) is 4.68 Å². The van der Waals surface area contributed by atoms with Crippen LogP contribution in [0.15, 0.2) is 4.47 Å². The molecule has 20 heavy (non-hydrogen) atoms. The summed E-state index contributed by atoms with van der Waals surface area (Å²) in [5, 5.41) is 8.32. The molecule has 1 N–H and O–H groups in total. The number of aromatic nitrogens is 2. The molecule has 5 heteroatoms. The summed E-state index contributed by atoms with van der Waals surface area (Å²) in [7, 11) is 0. The molecule has 2 heterocycles. The largest absolute Gasteiger partial charge is 0.375 e. The minimum Gasteiger partial charge on any atom is -0.375 e. The Kier molecular flexibility index (Phi) is 5.26. The van der Waals surface area contributed by atoms with Crippen molar-refractivity contribution in [2.75, 3.05) is 6.61 Å². The van der Waals surface area contributed by atoms with Gasteiger partial charge in [0, 0.05) is 25.7 Å². The summed E-state index contributed by atoms with van der Waals surface area (Å²) in [6, 6.07) is 0.524. The Morgan fingerprint density at radius 1 is 1.45 bits per heavy atom. The van der Waals surface area contributed by atoms with E-state index in [1.54, 1.807) is 0 Å². The zero-order valence-corrected chi connectivity index (χ0v) is 14.6. The van der Waals surface area contributed by atoms with Crippen LogP contribution >= 0.6 is 15.9 Å². The third kappa shape index (κ3) is 3.62. The van der Waals surface area contributed by atoms with Gasteiger partial charge in [0.2, 0.25) is 0 Å². The maximum Gasteiger partial charge on any atom is 0.0767 e. The molecule has 0 aliphatic carbocycles. The molecule has 0 saturated carbocycles. The van der Waals surface area contributed by atoms with Crippen molar-refractivity contribution < 1.29 is 4.74 Å². The van der Waals surface area contributed by atoms with Gasteiger partial charge in [0.25, 0.3) is 0 Å². The lowest BCUT2D eigenvalue weighted by Gasteiger charge is -2.36. The van der Waals surface area contributed by atoms with Crippen LogP contribution in [0.1, 0.15) is 51.9 Å². The molecule has 1 aliphatic heterocycles. The molecule has 1 atom stereocenters. The molecule has 0 radical (unpaired) electrons. The van der Waals surface area contributed by atoms with Crippen LogP contribution in [0.2, 0.25) is 0 Å². The van der Waals surface area contributed by atoms with Gasteiger partial charge in [-0.2, -0.15) is 5.10 Å². The molecule has 0 spiro atoms. The van der Waals surface area contributed by atoms with Gasteiger partial charge in [0.05, 0.1) is 21.5 Å². The van der Waals surface area contributed by atoms with E-state index in [9.17, 15) is 0 Å². The molecule has 0 aromatic carbocycles. The Morgan fingerprint density at radius 2 is 2.20 bits per heavy atom. The molecule has 4 nitrogen and oxygen atoms in total. The van der Waals surface area contributed by atoms with E-state index in [0.29, 0.717) is 6.04 Å². The predicted octanol–water partition coefficient (Wildman–Crippen LogP) is 3.28. The van der Waals surface area contributed by atoms with Crippen molar-refractivity contribution in [2.45, 2.75) is 71.7 Å². The summed E-state index contributed by atoms with van der Waals surface area (Å²) in [5.74, 6) is 0. The van der Waals surface area contributed by atoms with E-state index < -0.39 is 0 Å². The standard InChI is InChI=1S/C15H26BrN3O/c1-5-12-14(16)13(19(6-2)18-12)10-17-11-7-8-20-15(3,4)9-11/h11,17H,5-10H2,1-4H3. The lowest BCUT2D eigenvalue weighted by Crippen LogP contribution is -2.43. The number of ether oxygens (including phenoxy) is 1. The van der Waals surface area contributed by atoms with Crippen LogP contribution in [0, 0.1) is 0 Å². The van der Waals surface area contributed by atoms with Crippen molar-refractivity contribution in [3.63, 3.8) is 0 Å². The van der Waals surface area contributed by atoms with Crippen LogP contribution in [-0.2, 0) is 24.2 Å². The molecule has 0 bridgehead atoms. The average molecular weight is 344 g/mol. The lowest BCUT2D eigenvalue weighted by molar-refractivity contribution is -0.0631. The highest BCUT2D eigenvalue weighted by Gasteiger charge is 2.28. The Hall–Kier alpha value is -0.390. The van der Waals surface area contributed by atoms with Crippen LogP contribution in [0.5, 0.6) is 0 Å². The smallest absolute Gasteiger partial charge is 0.0767 e. The van der Waals surface area contributed by atoms with Crippen molar-refractivity contribution in [3.05, 3.63) is 15.9 Å². The maximum atomic E-state index is 5.77. The minimum absolute atomic E-state index is 0.00721. The number of rotatable bonds is 5. The maximum absolute atomic E-state index is 5.77. The Bertz CT molecular complexity index is 456. The molecule has 0 amide bonds. The summed E-state index contributed by atoms with van der Waals surface area (Å²) < 4.78 is 9.04. The van der Waals surface area contributed by atoms with Gasteiger partial charge in [0.15, 0.2) is 0 Å². The summed E-state index contributed by atoms with van der Waals surface area (Å²) in [4.78, 5) is 0. The van der Waals surface area contributed by atoms with Crippen LogP contribution in [0.3, 0.4) is 0 Å².